The fourth-order valence-corrected chi connectivity index (χ4v) is 5.73. The molecule has 4 heterocycles. The van der Waals surface area contributed by atoms with E-state index in [9.17, 15) is 9.59 Å². The number of H-pyrrole nitrogens is 1. The van der Waals surface area contributed by atoms with Gasteiger partial charge in [-0.3, -0.25) is 14.3 Å². The van der Waals surface area contributed by atoms with Gasteiger partial charge in [0.15, 0.2) is 0 Å². The molecule has 1 fully saturated rings. The highest BCUT2D eigenvalue weighted by atomic mass is 16.5. The third-order valence-corrected chi connectivity index (χ3v) is 7.47. The largest absolute Gasteiger partial charge is 0.496 e. The predicted molar refractivity (Wildman–Crippen MR) is 135 cm³/mol. The van der Waals surface area contributed by atoms with Gasteiger partial charge in [-0.1, -0.05) is 12.1 Å². The zero-order valence-electron chi connectivity index (χ0n) is 19.7. The first kappa shape index (κ1) is 21.9. The van der Waals surface area contributed by atoms with Gasteiger partial charge in [0, 0.05) is 60.2 Å². The number of nitrogens with zero attached hydrogens (tertiary/aromatic N) is 3. The Morgan fingerprint density at radius 2 is 1.97 bits per heavy atom. The van der Waals surface area contributed by atoms with Crippen LogP contribution in [0.5, 0.6) is 11.5 Å². The molecule has 1 N–H and O–H groups in total. The fourth-order valence-electron chi connectivity index (χ4n) is 5.73. The van der Waals surface area contributed by atoms with Gasteiger partial charge in [-0.05, 0) is 43.7 Å². The van der Waals surface area contributed by atoms with Gasteiger partial charge in [0.1, 0.15) is 11.5 Å². The summed E-state index contributed by atoms with van der Waals surface area (Å²) in [5, 5.41) is 2.25. The van der Waals surface area contributed by atoms with Crippen molar-refractivity contribution in [1.29, 1.82) is 0 Å². The highest BCUT2D eigenvalue weighted by molar-refractivity contribution is 6.04. The van der Waals surface area contributed by atoms with E-state index in [0.717, 1.165) is 61.4 Å². The lowest BCUT2D eigenvalue weighted by Gasteiger charge is -2.29. The number of pyridine rings is 1. The van der Waals surface area contributed by atoms with Crippen LogP contribution in [-0.4, -0.2) is 52.8 Å². The first-order chi connectivity index (χ1) is 17.1. The number of unbranched alkanes of at least 4 members (excludes halogenated alkanes) is 1. The predicted octanol–water partition coefficient (Wildman–Crippen LogP) is 3.13. The minimum atomic E-state index is -0.361. The number of hydrogen-bond donors (Lipinski definition) is 1. The van der Waals surface area contributed by atoms with Crippen molar-refractivity contribution in [3.63, 3.8) is 0 Å². The van der Waals surface area contributed by atoms with E-state index in [-0.39, 0.29) is 11.2 Å². The first-order valence-electron chi connectivity index (χ1n) is 12.2. The molecule has 0 spiro atoms. The van der Waals surface area contributed by atoms with Gasteiger partial charge >= 0.3 is 5.69 Å². The van der Waals surface area contributed by atoms with Crippen molar-refractivity contribution in [2.45, 2.75) is 25.3 Å². The van der Waals surface area contributed by atoms with Gasteiger partial charge in [0.2, 0.25) is 0 Å². The van der Waals surface area contributed by atoms with Gasteiger partial charge in [0.05, 0.1) is 24.6 Å². The smallest absolute Gasteiger partial charge is 0.328 e. The van der Waals surface area contributed by atoms with Crippen LogP contribution >= 0.6 is 0 Å². The molecule has 2 aromatic carbocycles. The van der Waals surface area contributed by atoms with Crippen LogP contribution in [0.2, 0.25) is 0 Å². The molecular weight excluding hydrogens is 444 g/mol. The normalized spacial score (nSPS) is 19.5. The minimum Gasteiger partial charge on any atom is -0.496 e. The third-order valence-electron chi connectivity index (χ3n) is 7.47. The molecule has 2 aliphatic heterocycles. The SMILES string of the molecule is COc1cccc2c1[C@@H]1CN(CCCCn3c(=O)[nH]c4c(ccc5cnccc54)c3=O)C[C@@H]1CO2. The average Bonchev–Trinajstić information content (AvgIpc) is 3.31. The van der Waals surface area contributed by atoms with E-state index in [2.05, 4.69) is 14.9 Å². The Morgan fingerprint density at radius 1 is 1.09 bits per heavy atom. The number of aromatic amines is 1. The van der Waals surface area contributed by atoms with E-state index < -0.39 is 0 Å². The molecule has 4 aromatic rings. The van der Waals surface area contributed by atoms with Crippen molar-refractivity contribution in [3.8, 4) is 11.5 Å². The maximum atomic E-state index is 13.1. The van der Waals surface area contributed by atoms with E-state index in [1.807, 2.05) is 30.3 Å². The molecule has 1 saturated heterocycles. The van der Waals surface area contributed by atoms with Gasteiger partial charge in [-0.2, -0.15) is 0 Å². The number of benzene rings is 2. The molecule has 2 atom stereocenters. The molecule has 35 heavy (non-hydrogen) atoms. The summed E-state index contributed by atoms with van der Waals surface area (Å²) in [7, 11) is 1.71. The van der Waals surface area contributed by atoms with Crippen molar-refractivity contribution in [1.82, 2.24) is 19.4 Å². The Kier molecular flexibility index (Phi) is 5.53. The van der Waals surface area contributed by atoms with E-state index in [1.165, 1.54) is 10.1 Å². The zero-order valence-corrected chi connectivity index (χ0v) is 19.7. The number of nitrogens with one attached hydrogen (secondary N) is 1. The fraction of sp³-hybridized carbons (Fsp3) is 0.370. The number of likely N-dealkylation sites (tertiary alicyclic amines) is 1. The van der Waals surface area contributed by atoms with E-state index in [1.54, 1.807) is 25.6 Å². The maximum absolute atomic E-state index is 13.1. The lowest BCUT2D eigenvalue weighted by molar-refractivity contribution is 0.209. The summed E-state index contributed by atoms with van der Waals surface area (Å²) in [6.45, 7) is 4.02. The summed E-state index contributed by atoms with van der Waals surface area (Å²) in [5.41, 5.74) is 1.16. The van der Waals surface area contributed by atoms with Gasteiger partial charge < -0.3 is 19.4 Å². The number of hydrogen-bond acceptors (Lipinski definition) is 6. The Hall–Kier alpha value is -3.65. The van der Waals surface area contributed by atoms with Crippen molar-refractivity contribution in [3.05, 3.63) is 75.2 Å². The molecule has 0 bridgehead atoms. The van der Waals surface area contributed by atoms with Crippen LogP contribution in [0.15, 0.2) is 58.4 Å². The molecule has 0 saturated carbocycles. The van der Waals surface area contributed by atoms with Crippen LogP contribution in [0.3, 0.4) is 0 Å². The maximum Gasteiger partial charge on any atom is 0.328 e. The van der Waals surface area contributed by atoms with Gasteiger partial charge in [-0.15, -0.1) is 0 Å². The van der Waals surface area contributed by atoms with E-state index in [4.69, 9.17) is 9.47 Å². The lowest BCUT2D eigenvalue weighted by Crippen LogP contribution is -2.35. The summed E-state index contributed by atoms with van der Waals surface area (Å²) >= 11 is 0. The zero-order chi connectivity index (χ0) is 23.9. The van der Waals surface area contributed by atoms with Gasteiger partial charge in [0.25, 0.3) is 5.56 Å². The number of ether oxygens (including phenoxy) is 2. The van der Waals surface area contributed by atoms with Crippen LogP contribution in [0.1, 0.15) is 24.3 Å². The second-order valence-corrected chi connectivity index (χ2v) is 9.49. The van der Waals surface area contributed by atoms with Crippen molar-refractivity contribution < 1.29 is 9.47 Å². The van der Waals surface area contributed by atoms with Crippen LogP contribution in [-0.2, 0) is 6.54 Å². The summed E-state index contributed by atoms with van der Waals surface area (Å²) in [5.74, 6) is 2.70. The van der Waals surface area contributed by atoms with Crippen molar-refractivity contribution in [2.75, 3.05) is 33.4 Å². The van der Waals surface area contributed by atoms with Crippen molar-refractivity contribution in [2.24, 2.45) is 5.92 Å². The summed E-state index contributed by atoms with van der Waals surface area (Å²) in [4.78, 5) is 35.3. The van der Waals surface area contributed by atoms with Crippen molar-refractivity contribution >= 4 is 21.7 Å². The monoisotopic (exact) mass is 472 g/mol. The van der Waals surface area contributed by atoms with E-state index in [0.29, 0.717) is 29.3 Å². The summed E-state index contributed by atoms with van der Waals surface area (Å²) in [6, 6.07) is 11.5. The Bertz CT molecular complexity index is 1510. The second-order valence-electron chi connectivity index (χ2n) is 9.49. The second kappa shape index (κ2) is 8.85. The van der Waals surface area contributed by atoms with E-state index >= 15 is 0 Å². The topological polar surface area (TPSA) is 89.5 Å². The molecule has 2 aliphatic rings. The van der Waals surface area contributed by atoms with Crippen LogP contribution in [0, 0.1) is 5.92 Å². The Morgan fingerprint density at radius 3 is 2.86 bits per heavy atom. The Balaban J connectivity index is 1.13. The number of fused-ring (bicyclic) bond motifs is 6. The van der Waals surface area contributed by atoms with Crippen LogP contribution in [0.25, 0.3) is 21.7 Å². The van der Waals surface area contributed by atoms with Gasteiger partial charge in [-0.25, -0.2) is 4.79 Å². The third kappa shape index (κ3) is 3.78. The van der Waals surface area contributed by atoms with Crippen LogP contribution in [0.4, 0.5) is 0 Å². The van der Waals surface area contributed by atoms with Crippen LogP contribution < -0.4 is 20.7 Å². The molecule has 0 aliphatic carbocycles. The number of methoxy groups -OCH3 is 1. The lowest BCUT2D eigenvalue weighted by atomic mass is 9.86. The molecule has 8 nitrogen and oxygen atoms in total. The minimum absolute atomic E-state index is 0.240. The molecular formula is C27H28N4O4. The highest BCUT2D eigenvalue weighted by Gasteiger charge is 2.40. The highest BCUT2D eigenvalue weighted by Crippen LogP contribution is 2.46. The summed E-state index contributed by atoms with van der Waals surface area (Å²) in [6.07, 6.45) is 5.06. The molecule has 0 unspecified atom stereocenters. The number of rotatable bonds is 6. The first-order valence-corrected chi connectivity index (χ1v) is 12.2. The quantitative estimate of drug-likeness (QED) is 0.343. The Labute approximate surface area is 202 Å². The average molecular weight is 473 g/mol. The standard InChI is InChI=1S/C27H28N4O4/c1-34-22-5-4-6-23-24(22)21-15-30(14-18(21)16-35-23)11-2-3-12-31-26(32)20-8-7-17-13-28-10-9-19(17)25(20)29-27(31)33/h4-10,13,18,21H,2-3,11-12,14-16H2,1H3,(H,29,33)/t18-,21-/m1/s1. The summed E-state index contributed by atoms with van der Waals surface area (Å²) < 4.78 is 13.0. The number of aromatic nitrogens is 3. The molecule has 0 radical (unpaired) electrons. The molecule has 6 rings (SSSR count). The molecule has 0 amide bonds. The molecule has 180 valence electrons. The molecule has 8 heteroatoms. The molecule has 2 aromatic heterocycles.